The van der Waals surface area contributed by atoms with E-state index in [0.29, 0.717) is 6.10 Å². The molecule has 0 aromatic heterocycles. The van der Waals surface area contributed by atoms with Gasteiger partial charge in [-0.15, -0.1) is 0 Å². The Morgan fingerprint density at radius 3 is 3.00 bits per heavy atom. The van der Waals surface area contributed by atoms with Crippen LogP contribution in [0.5, 0.6) is 0 Å². The van der Waals surface area contributed by atoms with E-state index in [1.54, 1.807) is 0 Å². The van der Waals surface area contributed by atoms with Gasteiger partial charge in [-0.25, -0.2) is 0 Å². The lowest BCUT2D eigenvalue weighted by molar-refractivity contribution is -0.0176. The van der Waals surface area contributed by atoms with Crippen molar-refractivity contribution in [3.05, 3.63) is 42.0 Å². The molecule has 18 heavy (non-hydrogen) atoms. The topological polar surface area (TPSA) is 24.5 Å². The first-order valence-corrected chi connectivity index (χ1v) is 6.57. The molecule has 2 rings (SSSR count). The van der Waals surface area contributed by atoms with E-state index in [1.165, 1.54) is 5.56 Å². The fraction of sp³-hybridized carbons (Fsp3) is 0.467. The van der Waals surface area contributed by atoms with Gasteiger partial charge in [0.25, 0.3) is 0 Å². The average molecular weight is 246 g/mol. The third kappa shape index (κ3) is 4.61. The number of benzene rings is 1. The Morgan fingerprint density at radius 2 is 2.22 bits per heavy atom. The van der Waals surface area contributed by atoms with E-state index >= 15 is 0 Å². The second-order valence-corrected chi connectivity index (χ2v) is 4.73. The minimum Gasteiger partial charge on any atom is -0.374 e. The summed E-state index contributed by atoms with van der Waals surface area (Å²) in [5, 5.41) is 3.41. The Balaban J connectivity index is 1.62. The summed E-state index contributed by atoms with van der Waals surface area (Å²) in [4.78, 5) is 2.32. The van der Waals surface area contributed by atoms with E-state index in [4.69, 9.17) is 4.74 Å². The second kappa shape index (κ2) is 7.31. The van der Waals surface area contributed by atoms with Crippen molar-refractivity contribution in [2.24, 2.45) is 0 Å². The Morgan fingerprint density at radius 1 is 1.39 bits per heavy atom. The number of nitrogens with zero attached hydrogens (tertiary/aromatic N) is 1. The van der Waals surface area contributed by atoms with Crippen LogP contribution < -0.4 is 5.32 Å². The molecule has 1 aliphatic rings. The van der Waals surface area contributed by atoms with Crippen molar-refractivity contribution >= 4 is 6.08 Å². The summed E-state index contributed by atoms with van der Waals surface area (Å²) < 4.78 is 5.68. The first kappa shape index (κ1) is 13.3. The average Bonchev–Trinajstić information content (AvgIpc) is 2.40. The van der Waals surface area contributed by atoms with Crippen molar-refractivity contribution in [3.63, 3.8) is 0 Å². The van der Waals surface area contributed by atoms with Gasteiger partial charge in [-0.3, -0.25) is 0 Å². The Labute approximate surface area is 109 Å². The van der Waals surface area contributed by atoms with Gasteiger partial charge < -0.3 is 15.0 Å². The number of hydrogen-bond donors (Lipinski definition) is 1. The van der Waals surface area contributed by atoms with Crippen LogP contribution >= 0.6 is 0 Å². The molecule has 0 amide bonds. The predicted octanol–water partition coefficient (Wildman–Crippen LogP) is 1.62. The Kier molecular flexibility index (Phi) is 5.39. The molecular formula is C15H22N2O. The number of hydrogen-bond acceptors (Lipinski definition) is 3. The van der Waals surface area contributed by atoms with Gasteiger partial charge in [0.1, 0.15) is 0 Å². The van der Waals surface area contributed by atoms with Crippen LogP contribution in [0.2, 0.25) is 0 Å². The molecule has 1 heterocycles. The molecule has 1 atom stereocenters. The van der Waals surface area contributed by atoms with E-state index in [1.807, 2.05) is 6.07 Å². The number of nitrogens with one attached hydrogen (secondary N) is 1. The van der Waals surface area contributed by atoms with Gasteiger partial charge in [-0.1, -0.05) is 42.5 Å². The summed E-state index contributed by atoms with van der Waals surface area (Å²) in [6.07, 6.45) is 4.62. The van der Waals surface area contributed by atoms with Gasteiger partial charge in [0, 0.05) is 26.2 Å². The van der Waals surface area contributed by atoms with E-state index in [0.717, 1.165) is 32.8 Å². The monoisotopic (exact) mass is 246 g/mol. The van der Waals surface area contributed by atoms with Crippen LogP contribution in [0.3, 0.4) is 0 Å². The van der Waals surface area contributed by atoms with E-state index in [-0.39, 0.29) is 0 Å². The van der Waals surface area contributed by atoms with E-state index in [9.17, 15) is 0 Å². The van der Waals surface area contributed by atoms with Crippen LogP contribution in [-0.4, -0.2) is 50.8 Å². The first-order chi connectivity index (χ1) is 8.84. The molecule has 0 aliphatic carbocycles. The predicted molar refractivity (Wildman–Crippen MR) is 75.6 cm³/mol. The van der Waals surface area contributed by atoms with Crippen molar-refractivity contribution in [1.29, 1.82) is 0 Å². The number of morpholine rings is 1. The second-order valence-electron chi connectivity index (χ2n) is 4.73. The van der Waals surface area contributed by atoms with Crippen molar-refractivity contribution < 1.29 is 4.74 Å². The van der Waals surface area contributed by atoms with E-state index < -0.39 is 0 Å². The molecule has 1 N–H and O–H groups in total. The van der Waals surface area contributed by atoms with Crippen LogP contribution in [-0.2, 0) is 4.74 Å². The van der Waals surface area contributed by atoms with Crippen LogP contribution in [0, 0.1) is 0 Å². The summed E-state index contributed by atoms with van der Waals surface area (Å²) in [6.45, 7) is 4.73. The van der Waals surface area contributed by atoms with Crippen molar-refractivity contribution in [2.45, 2.75) is 6.10 Å². The fourth-order valence-electron chi connectivity index (χ4n) is 2.08. The summed E-state index contributed by atoms with van der Waals surface area (Å²) in [7, 11) is 2.14. The first-order valence-electron chi connectivity index (χ1n) is 6.57. The lowest BCUT2D eigenvalue weighted by Crippen LogP contribution is -2.44. The van der Waals surface area contributed by atoms with Gasteiger partial charge in [0.05, 0.1) is 12.7 Å². The van der Waals surface area contributed by atoms with Crippen LogP contribution in [0.25, 0.3) is 6.08 Å². The van der Waals surface area contributed by atoms with Crippen molar-refractivity contribution in [3.8, 4) is 0 Å². The third-order valence-electron chi connectivity index (χ3n) is 3.09. The van der Waals surface area contributed by atoms with Gasteiger partial charge >= 0.3 is 0 Å². The molecule has 98 valence electrons. The van der Waals surface area contributed by atoms with E-state index in [2.05, 4.69) is 53.7 Å². The lowest BCUT2D eigenvalue weighted by Gasteiger charge is -2.30. The third-order valence-corrected chi connectivity index (χ3v) is 3.09. The highest BCUT2D eigenvalue weighted by atomic mass is 16.5. The molecule has 0 spiro atoms. The van der Waals surface area contributed by atoms with Crippen LogP contribution in [0.1, 0.15) is 5.56 Å². The van der Waals surface area contributed by atoms with Crippen molar-refractivity contribution in [2.75, 3.05) is 39.8 Å². The maximum Gasteiger partial charge on any atom is 0.0826 e. The molecule has 1 aromatic rings. The number of rotatable bonds is 5. The van der Waals surface area contributed by atoms with Crippen molar-refractivity contribution in [1.82, 2.24) is 10.2 Å². The molecule has 0 bridgehead atoms. The van der Waals surface area contributed by atoms with Gasteiger partial charge in [0.2, 0.25) is 0 Å². The van der Waals surface area contributed by atoms with Gasteiger partial charge in [-0.2, -0.15) is 0 Å². The lowest BCUT2D eigenvalue weighted by atomic mass is 10.2. The maximum atomic E-state index is 5.68. The zero-order valence-corrected chi connectivity index (χ0v) is 11.0. The highest BCUT2D eigenvalue weighted by molar-refractivity contribution is 5.48. The summed E-state index contributed by atoms with van der Waals surface area (Å²) in [5.74, 6) is 0. The smallest absolute Gasteiger partial charge is 0.0826 e. The van der Waals surface area contributed by atoms with Gasteiger partial charge in [0.15, 0.2) is 0 Å². The largest absolute Gasteiger partial charge is 0.374 e. The number of likely N-dealkylation sites (N-methyl/N-ethyl adjacent to an activating group) is 1. The van der Waals surface area contributed by atoms with Gasteiger partial charge in [-0.05, 0) is 12.6 Å². The van der Waals surface area contributed by atoms with Crippen LogP contribution in [0.4, 0.5) is 0 Å². The molecule has 1 fully saturated rings. The summed E-state index contributed by atoms with van der Waals surface area (Å²) in [5.41, 5.74) is 1.24. The molecule has 1 aliphatic heterocycles. The maximum absolute atomic E-state index is 5.68. The molecule has 0 radical (unpaired) electrons. The molecule has 1 aromatic carbocycles. The molecule has 3 nitrogen and oxygen atoms in total. The SMILES string of the molecule is CN1CCO[C@@H](CNC/C=C/c2ccccc2)C1. The minimum atomic E-state index is 0.328. The zero-order chi connectivity index (χ0) is 12.6. The minimum absolute atomic E-state index is 0.328. The molecule has 1 saturated heterocycles. The Bertz CT molecular complexity index is 364. The Hall–Kier alpha value is -1.16. The normalized spacial score (nSPS) is 21.5. The molecule has 0 saturated carbocycles. The molecule has 0 unspecified atom stereocenters. The summed E-state index contributed by atoms with van der Waals surface area (Å²) in [6, 6.07) is 10.4. The quantitative estimate of drug-likeness (QED) is 0.799. The molecule has 3 heteroatoms. The highest BCUT2D eigenvalue weighted by Gasteiger charge is 2.16. The fourth-order valence-corrected chi connectivity index (χ4v) is 2.08. The number of ether oxygens (including phenoxy) is 1. The molecular weight excluding hydrogens is 224 g/mol. The standard InChI is InChI=1S/C15H22N2O/c1-17-10-11-18-15(13-17)12-16-9-5-8-14-6-3-2-4-7-14/h2-8,15-16H,9-13H2,1H3/b8-5+/t15-/m0/s1. The summed E-state index contributed by atoms with van der Waals surface area (Å²) >= 11 is 0. The highest BCUT2D eigenvalue weighted by Crippen LogP contribution is 2.02. The van der Waals surface area contributed by atoms with Crippen LogP contribution in [0.15, 0.2) is 36.4 Å². The zero-order valence-electron chi connectivity index (χ0n) is 11.0.